The number of halogens is 1. The molecule has 0 atom stereocenters. The highest BCUT2D eigenvalue weighted by Crippen LogP contribution is 2.26. The van der Waals surface area contributed by atoms with Gasteiger partial charge in [-0.3, -0.25) is 0 Å². The molecule has 0 unspecified atom stereocenters. The van der Waals surface area contributed by atoms with Crippen LogP contribution in [0.1, 0.15) is 52.9 Å². The summed E-state index contributed by atoms with van der Waals surface area (Å²) in [6, 6.07) is 0. The fourth-order valence-corrected chi connectivity index (χ4v) is 1.45. The van der Waals surface area contributed by atoms with Crippen LogP contribution in [0, 0.1) is 5.41 Å². The molecule has 0 nitrogen and oxygen atoms in total. The van der Waals surface area contributed by atoms with Gasteiger partial charge in [0.25, 0.3) is 0 Å². The molecule has 68 valence electrons. The molecule has 0 spiro atoms. The van der Waals surface area contributed by atoms with Crippen molar-refractivity contribution in [2.75, 3.05) is 5.33 Å². The molecule has 0 radical (unpaired) electrons. The van der Waals surface area contributed by atoms with Crippen LogP contribution in [0.4, 0.5) is 0 Å². The van der Waals surface area contributed by atoms with E-state index in [-0.39, 0.29) is 0 Å². The maximum Gasteiger partial charge on any atom is 0.00313 e. The molecular weight excluding hydrogens is 200 g/mol. The summed E-state index contributed by atoms with van der Waals surface area (Å²) in [5.41, 5.74) is 0.576. The van der Waals surface area contributed by atoms with Gasteiger partial charge in [0.05, 0.1) is 0 Å². The van der Waals surface area contributed by atoms with E-state index in [1.54, 1.807) is 0 Å². The van der Waals surface area contributed by atoms with E-state index in [1.807, 2.05) is 0 Å². The summed E-state index contributed by atoms with van der Waals surface area (Å²) in [6.45, 7) is 7.01. The minimum atomic E-state index is 0.576. The maximum atomic E-state index is 3.45. The first-order valence-corrected chi connectivity index (χ1v) is 5.80. The Morgan fingerprint density at radius 2 is 1.73 bits per heavy atom. The highest BCUT2D eigenvalue weighted by Gasteiger charge is 2.13. The molecule has 0 aliphatic heterocycles. The topological polar surface area (TPSA) is 0 Å². The minimum Gasteiger partial charge on any atom is -0.0928 e. The Morgan fingerprint density at radius 1 is 1.09 bits per heavy atom. The van der Waals surface area contributed by atoms with Crippen LogP contribution in [0.5, 0.6) is 0 Å². The minimum absolute atomic E-state index is 0.576. The highest BCUT2D eigenvalue weighted by molar-refractivity contribution is 9.09. The van der Waals surface area contributed by atoms with Gasteiger partial charge in [0.1, 0.15) is 0 Å². The summed E-state index contributed by atoms with van der Waals surface area (Å²) in [5.74, 6) is 0. The fraction of sp³-hybridized carbons (Fsp3) is 1.00. The van der Waals surface area contributed by atoms with Crippen LogP contribution in [0.3, 0.4) is 0 Å². The van der Waals surface area contributed by atoms with E-state index in [9.17, 15) is 0 Å². The van der Waals surface area contributed by atoms with Crippen molar-refractivity contribution in [3.63, 3.8) is 0 Å². The smallest absolute Gasteiger partial charge is 0.00313 e. The molecule has 0 saturated carbocycles. The van der Waals surface area contributed by atoms with Crippen molar-refractivity contribution in [3.05, 3.63) is 0 Å². The van der Waals surface area contributed by atoms with Gasteiger partial charge in [0.15, 0.2) is 0 Å². The van der Waals surface area contributed by atoms with E-state index in [0.717, 1.165) is 0 Å². The van der Waals surface area contributed by atoms with Crippen LogP contribution >= 0.6 is 15.9 Å². The molecule has 0 amide bonds. The van der Waals surface area contributed by atoms with Gasteiger partial charge in [0, 0.05) is 5.33 Å². The van der Waals surface area contributed by atoms with Gasteiger partial charge in [-0.15, -0.1) is 0 Å². The molecule has 0 bridgehead atoms. The van der Waals surface area contributed by atoms with E-state index >= 15 is 0 Å². The molecular formula is C10H21Br. The Bertz CT molecular complexity index is 86.9. The van der Waals surface area contributed by atoms with Crippen molar-refractivity contribution in [1.82, 2.24) is 0 Å². The summed E-state index contributed by atoms with van der Waals surface area (Å²) in [6.07, 6.45) is 6.80. The second-order valence-electron chi connectivity index (χ2n) is 4.02. The van der Waals surface area contributed by atoms with Crippen molar-refractivity contribution in [2.24, 2.45) is 5.41 Å². The van der Waals surface area contributed by atoms with Gasteiger partial charge in [-0.2, -0.15) is 0 Å². The van der Waals surface area contributed by atoms with E-state index in [0.29, 0.717) is 5.41 Å². The quantitative estimate of drug-likeness (QED) is 0.461. The Balaban J connectivity index is 3.23. The van der Waals surface area contributed by atoms with Crippen LogP contribution in [0.15, 0.2) is 0 Å². The first-order chi connectivity index (χ1) is 5.12. The standard InChI is InChI=1S/C10H21Br/c1-4-10(2,3)8-6-5-7-9-11/h4-9H2,1-3H3. The second-order valence-corrected chi connectivity index (χ2v) is 4.81. The third-order valence-corrected chi connectivity index (χ3v) is 3.01. The van der Waals surface area contributed by atoms with Crippen LogP contribution in [-0.4, -0.2) is 5.33 Å². The summed E-state index contributed by atoms with van der Waals surface area (Å²) in [4.78, 5) is 0. The summed E-state index contributed by atoms with van der Waals surface area (Å²) in [7, 11) is 0. The fourth-order valence-electron chi connectivity index (χ4n) is 1.05. The molecule has 11 heavy (non-hydrogen) atoms. The molecule has 0 fully saturated rings. The molecule has 0 aliphatic rings. The molecule has 0 saturated heterocycles. The highest BCUT2D eigenvalue weighted by atomic mass is 79.9. The van der Waals surface area contributed by atoms with Crippen molar-refractivity contribution in [1.29, 1.82) is 0 Å². The Kier molecular flexibility index (Phi) is 6.31. The summed E-state index contributed by atoms with van der Waals surface area (Å²) in [5, 5.41) is 1.17. The van der Waals surface area contributed by atoms with Crippen molar-refractivity contribution in [2.45, 2.75) is 52.9 Å². The Morgan fingerprint density at radius 3 is 2.18 bits per heavy atom. The second kappa shape index (κ2) is 6.05. The van der Waals surface area contributed by atoms with Gasteiger partial charge >= 0.3 is 0 Å². The molecule has 0 N–H and O–H groups in total. The predicted molar refractivity (Wildman–Crippen MR) is 56.3 cm³/mol. The lowest BCUT2D eigenvalue weighted by atomic mass is 9.84. The first-order valence-electron chi connectivity index (χ1n) is 4.68. The number of unbranched alkanes of at least 4 members (excludes halogenated alkanes) is 2. The third-order valence-electron chi connectivity index (χ3n) is 2.44. The molecule has 0 heterocycles. The van der Waals surface area contributed by atoms with Gasteiger partial charge in [0.2, 0.25) is 0 Å². The van der Waals surface area contributed by atoms with E-state index in [1.165, 1.54) is 37.4 Å². The normalized spacial score (nSPS) is 12.0. The lowest BCUT2D eigenvalue weighted by Gasteiger charge is -2.21. The van der Waals surface area contributed by atoms with Gasteiger partial charge in [-0.05, 0) is 18.3 Å². The zero-order valence-corrected chi connectivity index (χ0v) is 9.71. The van der Waals surface area contributed by atoms with Crippen molar-refractivity contribution in [3.8, 4) is 0 Å². The van der Waals surface area contributed by atoms with E-state index in [2.05, 4.69) is 36.7 Å². The van der Waals surface area contributed by atoms with Gasteiger partial charge in [-0.25, -0.2) is 0 Å². The first kappa shape index (κ1) is 11.5. The van der Waals surface area contributed by atoms with Gasteiger partial charge < -0.3 is 0 Å². The number of alkyl halides is 1. The average molecular weight is 221 g/mol. The molecule has 0 aromatic carbocycles. The Labute approximate surface area is 79.9 Å². The van der Waals surface area contributed by atoms with Crippen molar-refractivity contribution >= 4 is 15.9 Å². The molecule has 0 aromatic heterocycles. The number of hydrogen-bond acceptors (Lipinski definition) is 0. The van der Waals surface area contributed by atoms with Crippen LogP contribution in [0.25, 0.3) is 0 Å². The lowest BCUT2D eigenvalue weighted by Crippen LogP contribution is -2.08. The van der Waals surface area contributed by atoms with E-state index < -0.39 is 0 Å². The average Bonchev–Trinajstić information content (AvgIpc) is 1.99. The largest absolute Gasteiger partial charge is 0.0928 e. The molecule has 0 aliphatic carbocycles. The monoisotopic (exact) mass is 220 g/mol. The predicted octanol–water partition coefficient (Wildman–Crippen LogP) is 4.38. The molecule has 0 rings (SSSR count). The lowest BCUT2D eigenvalue weighted by molar-refractivity contribution is 0.309. The molecule has 0 aromatic rings. The number of rotatable bonds is 6. The Hall–Kier alpha value is 0.480. The zero-order valence-electron chi connectivity index (χ0n) is 8.12. The third kappa shape index (κ3) is 6.86. The van der Waals surface area contributed by atoms with E-state index in [4.69, 9.17) is 0 Å². The summed E-state index contributed by atoms with van der Waals surface area (Å²) >= 11 is 3.45. The maximum absolute atomic E-state index is 3.45. The molecule has 1 heteroatoms. The van der Waals surface area contributed by atoms with Gasteiger partial charge in [-0.1, -0.05) is 56.0 Å². The van der Waals surface area contributed by atoms with Crippen LogP contribution in [0.2, 0.25) is 0 Å². The van der Waals surface area contributed by atoms with Crippen LogP contribution < -0.4 is 0 Å². The van der Waals surface area contributed by atoms with Crippen molar-refractivity contribution < 1.29 is 0 Å². The number of hydrogen-bond donors (Lipinski definition) is 0. The SMILES string of the molecule is CCC(C)(C)CCCCCBr. The summed E-state index contributed by atoms with van der Waals surface area (Å²) < 4.78 is 0. The zero-order chi connectivity index (χ0) is 8.74. The van der Waals surface area contributed by atoms with Crippen LogP contribution in [-0.2, 0) is 0 Å².